The molecule has 0 saturated carbocycles. The second-order valence-corrected chi connectivity index (χ2v) is 2.93. The zero-order chi connectivity index (χ0) is 10.4. The summed E-state index contributed by atoms with van der Waals surface area (Å²) in [5.74, 6) is 0. The first-order valence-corrected chi connectivity index (χ1v) is 4.52. The second-order valence-electron chi connectivity index (χ2n) is 2.93. The summed E-state index contributed by atoms with van der Waals surface area (Å²) >= 11 is 0. The molecule has 0 aromatic heterocycles. The molecule has 1 rings (SSSR count). The van der Waals surface area contributed by atoms with E-state index in [1.165, 1.54) is 6.08 Å². The molecule has 74 valence electrons. The Morgan fingerprint density at radius 3 is 2.43 bits per heavy atom. The highest BCUT2D eigenvalue weighted by Crippen LogP contribution is 2.15. The van der Waals surface area contributed by atoms with Gasteiger partial charge in [-0.25, -0.2) is 0 Å². The number of nitrogens with zero attached hydrogens (tertiary/aromatic N) is 1. The van der Waals surface area contributed by atoms with Gasteiger partial charge in [-0.3, -0.25) is 0 Å². The third kappa shape index (κ3) is 2.47. The molecule has 0 heterocycles. The highest BCUT2D eigenvalue weighted by molar-refractivity contribution is 5.47. The first-order chi connectivity index (χ1) is 6.79. The summed E-state index contributed by atoms with van der Waals surface area (Å²) in [5, 5.41) is 9.66. The van der Waals surface area contributed by atoms with Crippen LogP contribution in [0.2, 0.25) is 0 Å². The van der Waals surface area contributed by atoms with E-state index in [4.69, 9.17) is 0 Å². The van der Waals surface area contributed by atoms with Gasteiger partial charge in [0.25, 0.3) is 0 Å². The second kappa shape index (κ2) is 5.25. The van der Waals surface area contributed by atoms with E-state index >= 15 is 0 Å². The molecule has 0 aliphatic carbocycles. The van der Waals surface area contributed by atoms with Gasteiger partial charge in [0.05, 0.1) is 0 Å². The van der Waals surface area contributed by atoms with Crippen LogP contribution in [0.5, 0.6) is 0 Å². The Balaban J connectivity index is 2.87. The number of hydrogen-bond acceptors (Lipinski definition) is 2. The van der Waals surface area contributed by atoms with Gasteiger partial charge in [0.1, 0.15) is 6.23 Å². The lowest BCUT2D eigenvalue weighted by Gasteiger charge is -2.26. The summed E-state index contributed by atoms with van der Waals surface area (Å²) < 4.78 is 0. The smallest absolute Gasteiger partial charge is 0.146 e. The fraction of sp³-hybridized carbons (Fsp3) is 0.167. The Labute approximate surface area is 84.8 Å². The highest BCUT2D eigenvalue weighted by Gasteiger charge is 2.10. The van der Waals surface area contributed by atoms with Crippen LogP contribution in [-0.2, 0) is 0 Å². The van der Waals surface area contributed by atoms with E-state index in [0.717, 1.165) is 5.69 Å². The third-order valence-electron chi connectivity index (χ3n) is 1.94. The first-order valence-electron chi connectivity index (χ1n) is 4.52. The molecular weight excluding hydrogens is 174 g/mol. The minimum absolute atomic E-state index is 0.594. The topological polar surface area (TPSA) is 23.5 Å². The number of para-hydroxylation sites is 1. The lowest BCUT2D eigenvalue weighted by atomic mass is 10.2. The number of anilines is 1. The van der Waals surface area contributed by atoms with Crippen molar-refractivity contribution in [1.82, 2.24) is 0 Å². The van der Waals surface area contributed by atoms with Gasteiger partial charge >= 0.3 is 0 Å². The van der Waals surface area contributed by atoms with E-state index in [2.05, 4.69) is 13.2 Å². The van der Waals surface area contributed by atoms with Crippen LogP contribution in [-0.4, -0.2) is 17.9 Å². The fourth-order valence-corrected chi connectivity index (χ4v) is 1.25. The van der Waals surface area contributed by atoms with Crippen LogP contribution in [0.3, 0.4) is 0 Å². The van der Waals surface area contributed by atoms with Gasteiger partial charge < -0.3 is 10.0 Å². The van der Waals surface area contributed by atoms with Crippen molar-refractivity contribution in [2.75, 3.05) is 11.4 Å². The first kappa shape index (κ1) is 10.5. The van der Waals surface area contributed by atoms with Crippen molar-refractivity contribution in [3.63, 3.8) is 0 Å². The average Bonchev–Trinajstić information content (AvgIpc) is 2.26. The summed E-state index contributed by atoms with van der Waals surface area (Å²) in [6.45, 7) is 7.81. The Hall–Kier alpha value is -1.54. The molecule has 1 N–H and O–H groups in total. The van der Waals surface area contributed by atoms with Crippen molar-refractivity contribution in [3.05, 3.63) is 55.6 Å². The molecule has 0 aliphatic rings. The standard InChI is InChI=1S/C12H15NO/c1-3-10-13(12(14)4-2)11-8-6-5-7-9-11/h3-9,12,14H,1-2,10H2. The molecule has 1 aromatic carbocycles. The Bertz CT molecular complexity index is 294. The quantitative estimate of drug-likeness (QED) is 0.567. The summed E-state index contributed by atoms with van der Waals surface area (Å²) in [6, 6.07) is 9.69. The number of aliphatic hydroxyl groups excluding tert-OH is 1. The van der Waals surface area contributed by atoms with Crippen LogP contribution in [0.25, 0.3) is 0 Å². The maximum absolute atomic E-state index is 9.66. The maximum atomic E-state index is 9.66. The SMILES string of the molecule is C=CCN(c1ccccc1)C(O)C=C. The van der Waals surface area contributed by atoms with Crippen molar-refractivity contribution >= 4 is 5.69 Å². The molecule has 1 unspecified atom stereocenters. The van der Waals surface area contributed by atoms with Gasteiger partial charge in [-0.15, -0.1) is 6.58 Å². The monoisotopic (exact) mass is 189 g/mol. The van der Waals surface area contributed by atoms with Crippen molar-refractivity contribution in [2.45, 2.75) is 6.23 Å². The molecule has 2 heteroatoms. The zero-order valence-electron chi connectivity index (χ0n) is 8.13. The minimum Gasteiger partial charge on any atom is -0.370 e. The molecular formula is C12H15NO. The summed E-state index contributed by atoms with van der Waals surface area (Å²) in [5.41, 5.74) is 0.958. The van der Waals surface area contributed by atoms with Crippen LogP contribution >= 0.6 is 0 Å². The fourth-order valence-electron chi connectivity index (χ4n) is 1.25. The molecule has 2 nitrogen and oxygen atoms in total. The Kier molecular flexibility index (Phi) is 3.95. The normalized spacial score (nSPS) is 11.8. The molecule has 0 spiro atoms. The molecule has 0 radical (unpaired) electrons. The third-order valence-corrected chi connectivity index (χ3v) is 1.94. The van der Waals surface area contributed by atoms with Crippen molar-refractivity contribution in [1.29, 1.82) is 0 Å². The minimum atomic E-state index is -0.671. The Morgan fingerprint density at radius 1 is 1.29 bits per heavy atom. The van der Waals surface area contributed by atoms with Crippen molar-refractivity contribution in [3.8, 4) is 0 Å². The van der Waals surface area contributed by atoms with Crippen LogP contribution < -0.4 is 4.90 Å². The van der Waals surface area contributed by atoms with Gasteiger partial charge in [-0.2, -0.15) is 0 Å². The van der Waals surface area contributed by atoms with E-state index in [9.17, 15) is 5.11 Å². The number of rotatable bonds is 5. The molecule has 0 aliphatic heterocycles. The average molecular weight is 189 g/mol. The van der Waals surface area contributed by atoms with E-state index in [-0.39, 0.29) is 0 Å². The van der Waals surface area contributed by atoms with Gasteiger partial charge in [0.2, 0.25) is 0 Å². The molecule has 1 atom stereocenters. The van der Waals surface area contributed by atoms with Crippen molar-refractivity contribution in [2.24, 2.45) is 0 Å². The zero-order valence-corrected chi connectivity index (χ0v) is 8.13. The summed E-state index contributed by atoms with van der Waals surface area (Å²) in [7, 11) is 0. The van der Waals surface area contributed by atoms with Gasteiger partial charge in [-0.05, 0) is 18.2 Å². The van der Waals surface area contributed by atoms with Crippen LogP contribution in [0.15, 0.2) is 55.6 Å². The van der Waals surface area contributed by atoms with Crippen LogP contribution in [0.4, 0.5) is 5.69 Å². The molecule has 0 fully saturated rings. The Morgan fingerprint density at radius 2 is 1.93 bits per heavy atom. The van der Waals surface area contributed by atoms with Crippen molar-refractivity contribution < 1.29 is 5.11 Å². The van der Waals surface area contributed by atoms with Crippen LogP contribution in [0.1, 0.15) is 0 Å². The predicted octanol–water partition coefficient (Wildman–Crippen LogP) is 2.18. The highest BCUT2D eigenvalue weighted by atomic mass is 16.3. The van der Waals surface area contributed by atoms with Gasteiger partial charge in [-0.1, -0.05) is 30.9 Å². The van der Waals surface area contributed by atoms with Gasteiger partial charge in [0.15, 0.2) is 0 Å². The van der Waals surface area contributed by atoms with Gasteiger partial charge in [0, 0.05) is 12.2 Å². The molecule has 14 heavy (non-hydrogen) atoms. The summed E-state index contributed by atoms with van der Waals surface area (Å²) in [6.07, 6.45) is 2.58. The molecule has 0 bridgehead atoms. The van der Waals surface area contributed by atoms with E-state index in [1.54, 1.807) is 11.0 Å². The molecule has 0 amide bonds. The lowest BCUT2D eigenvalue weighted by Crippen LogP contribution is -2.33. The number of aliphatic hydroxyl groups is 1. The molecule has 1 aromatic rings. The number of benzene rings is 1. The van der Waals surface area contributed by atoms with E-state index in [1.807, 2.05) is 30.3 Å². The van der Waals surface area contributed by atoms with E-state index in [0.29, 0.717) is 6.54 Å². The van der Waals surface area contributed by atoms with E-state index < -0.39 is 6.23 Å². The van der Waals surface area contributed by atoms with Crippen LogP contribution in [0, 0.1) is 0 Å². The predicted molar refractivity (Wildman–Crippen MR) is 60.2 cm³/mol. The maximum Gasteiger partial charge on any atom is 0.146 e. The lowest BCUT2D eigenvalue weighted by molar-refractivity contribution is 0.220. The molecule has 0 saturated heterocycles. The summed E-state index contributed by atoms with van der Waals surface area (Å²) in [4.78, 5) is 1.81. The number of hydrogen-bond donors (Lipinski definition) is 1. The largest absolute Gasteiger partial charge is 0.370 e.